The van der Waals surface area contributed by atoms with Gasteiger partial charge in [0.2, 0.25) is 0 Å². The third kappa shape index (κ3) is 3.28. The minimum atomic E-state index is -3.42. The molecule has 1 amide bonds. The fourth-order valence-electron chi connectivity index (χ4n) is 2.08. The van der Waals surface area contributed by atoms with Crippen molar-refractivity contribution in [2.75, 3.05) is 12.4 Å². The summed E-state index contributed by atoms with van der Waals surface area (Å²) in [5.41, 5.74) is 11.3. The van der Waals surface area contributed by atoms with Crippen molar-refractivity contribution in [2.45, 2.75) is 18.2 Å². The second kappa shape index (κ2) is 6.18. The van der Waals surface area contributed by atoms with Gasteiger partial charge in [-0.25, -0.2) is 8.42 Å². The molecule has 22 heavy (non-hydrogen) atoms. The quantitative estimate of drug-likeness (QED) is 0.614. The molecule has 0 saturated heterocycles. The molecule has 2 rings (SSSR count). The number of carbonyl (C=O) groups is 1. The van der Waals surface area contributed by atoms with Gasteiger partial charge in [0.25, 0.3) is 5.91 Å². The number of rotatable bonds is 3. The van der Waals surface area contributed by atoms with Gasteiger partial charge in [-0.15, -0.1) is 0 Å². The normalized spacial score (nSPS) is 14.1. The molecule has 0 fully saturated rings. The highest BCUT2D eigenvalue weighted by molar-refractivity contribution is 7.91. The first kappa shape index (κ1) is 16.0. The monoisotopic (exact) mass is 323 g/mol. The van der Waals surface area contributed by atoms with Crippen molar-refractivity contribution < 1.29 is 17.9 Å². The van der Waals surface area contributed by atoms with Crippen LogP contribution in [0.2, 0.25) is 0 Å². The molecule has 1 heterocycles. The molecule has 4 N–H and O–H groups in total. The van der Waals surface area contributed by atoms with Crippen LogP contribution in [0, 0.1) is 0 Å². The van der Waals surface area contributed by atoms with Crippen molar-refractivity contribution in [3.63, 3.8) is 0 Å². The Hall–Kier alpha value is -2.35. The zero-order chi connectivity index (χ0) is 16.3. The SMILES string of the molecule is CCS(=O)(=O)c1cccc2c1OCCC(C(=O)N=C(N)N)=C2. The Morgan fingerprint density at radius 1 is 1.36 bits per heavy atom. The predicted molar refractivity (Wildman–Crippen MR) is 83.1 cm³/mol. The first-order valence-corrected chi connectivity index (χ1v) is 8.33. The molecule has 1 aromatic rings. The van der Waals surface area contributed by atoms with Gasteiger partial charge in [-0.3, -0.25) is 4.79 Å². The Balaban J connectivity index is 2.54. The maximum Gasteiger partial charge on any atom is 0.276 e. The van der Waals surface area contributed by atoms with Crippen LogP contribution in [-0.2, 0) is 14.6 Å². The van der Waals surface area contributed by atoms with Crippen molar-refractivity contribution in [2.24, 2.45) is 16.5 Å². The molecule has 118 valence electrons. The second-order valence-electron chi connectivity index (χ2n) is 4.69. The molecule has 0 radical (unpaired) electrons. The molecule has 8 heteroatoms. The number of fused-ring (bicyclic) bond motifs is 1. The molecule has 7 nitrogen and oxygen atoms in total. The van der Waals surface area contributed by atoms with Crippen LogP contribution in [0.25, 0.3) is 6.08 Å². The Morgan fingerprint density at radius 2 is 2.09 bits per heavy atom. The van der Waals surface area contributed by atoms with E-state index in [1.807, 2.05) is 0 Å². The van der Waals surface area contributed by atoms with Crippen LogP contribution in [0.4, 0.5) is 0 Å². The van der Waals surface area contributed by atoms with E-state index in [-0.39, 0.29) is 35.4 Å². The van der Waals surface area contributed by atoms with Crippen molar-refractivity contribution in [1.29, 1.82) is 0 Å². The van der Waals surface area contributed by atoms with Crippen LogP contribution in [-0.4, -0.2) is 32.6 Å². The summed E-state index contributed by atoms with van der Waals surface area (Å²) in [5.74, 6) is -0.647. The molecule has 0 spiro atoms. The highest BCUT2D eigenvalue weighted by Gasteiger charge is 2.23. The zero-order valence-electron chi connectivity index (χ0n) is 12.1. The fraction of sp³-hybridized carbons (Fsp3) is 0.286. The topological polar surface area (TPSA) is 125 Å². The van der Waals surface area contributed by atoms with Crippen LogP contribution in [0.5, 0.6) is 5.75 Å². The van der Waals surface area contributed by atoms with E-state index in [1.165, 1.54) is 6.07 Å². The molecule has 0 aromatic heterocycles. The maximum atomic E-state index is 12.1. The van der Waals surface area contributed by atoms with Crippen LogP contribution < -0.4 is 16.2 Å². The van der Waals surface area contributed by atoms with Gasteiger partial charge in [0.15, 0.2) is 15.8 Å². The van der Waals surface area contributed by atoms with E-state index in [0.717, 1.165) is 0 Å². The molecule has 1 aliphatic heterocycles. The standard InChI is InChI=1S/C14H17N3O4S/c1-2-22(19,20)11-5-3-4-9-8-10(6-7-21-12(9)11)13(18)17-14(15)16/h3-5,8H,2,6-7H2,1H3,(H4,15,16,17,18). The maximum absolute atomic E-state index is 12.1. The molecule has 0 saturated carbocycles. The molecule has 0 bridgehead atoms. The Labute approximate surface area is 128 Å². The van der Waals surface area contributed by atoms with Crippen LogP contribution in [0.15, 0.2) is 33.7 Å². The average molecular weight is 323 g/mol. The zero-order valence-corrected chi connectivity index (χ0v) is 12.9. The summed E-state index contributed by atoms with van der Waals surface area (Å²) in [6, 6.07) is 4.78. The van der Waals surface area contributed by atoms with Crippen molar-refractivity contribution in [3.8, 4) is 5.75 Å². The highest BCUT2D eigenvalue weighted by atomic mass is 32.2. The van der Waals surface area contributed by atoms with E-state index in [4.69, 9.17) is 16.2 Å². The van der Waals surface area contributed by atoms with E-state index in [0.29, 0.717) is 11.1 Å². The van der Waals surface area contributed by atoms with E-state index in [9.17, 15) is 13.2 Å². The minimum absolute atomic E-state index is 0.0314. The number of guanidine groups is 1. The third-order valence-corrected chi connectivity index (χ3v) is 4.93. The van der Waals surface area contributed by atoms with Crippen molar-refractivity contribution in [3.05, 3.63) is 29.3 Å². The van der Waals surface area contributed by atoms with Gasteiger partial charge in [-0.2, -0.15) is 4.99 Å². The van der Waals surface area contributed by atoms with Crippen LogP contribution in [0.3, 0.4) is 0 Å². The number of ether oxygens (including phenoxy) is 1. The van der Waals surface area contributed by atoms with Crippen molar-refractivity contribution in [1.82, 2.24) is 0 Å². The number of hydrogen-bond acceptors (Lipinski definition) is 4. The Morgan fingerprint density at radius 3 is 2.73 bits per heavy atom. The number of nitrogens with zero attached hydrogens (tertiary/aromatic N) is 1. The lowest BCUT2D eigenvalue weighted by molar-refractivity contribution is -0.114. The number of aliphatic imine (C=N–C) groups is 1. The number of benzene rings is 1. The molecular formula is C14H17N3O4S. The van der Waals surface area contributed by atoms with Gasteiger partial charge in [-0.05, 0) is 12.1 Å². The minimum Gasteiger partial charge on any atom is -0.491 e. The first-order chi connectivity index (χ1) is 10.3. The van der Waals surface area contributed by atoms with E-state index < -0.39 is 15.7 Å². The number of nitrogens with two attached hydrogens (primary N) is 2. The lowest BCUT2D eigenvalue weighted by atomic mass is 10.1. The molecule has 0 unspecified atom stereocenters. The Bertz CT molecular complexity index is 762. The second-order valence-corrected chi connectivity index (χ2v) is 6.93. The lowest BCUT2D eigenvalue weighted by Gasteiger charge is -2.11. The van der Waals surface area contributed by atoms with E-state index in [2.05, 4.69) is 4.99 Å². The van der Waals surface area contributed by atoms with Gasteiger partial charge in [0.1, 0.15) is 10.6 Å². The van der Waals surface area contributed by atoms with Gasteiger partial charge >= 0.3 is 0 Å². The van der Waals surface area contributed by atoms with Gasteiger partial charge in [0, 0.05) is 17.6 Å². The molecule has 1 aromatic carbocycles. The van der Waals surface area contributed by atoms with Crippen molar-refractivity contribution >= 4 is 27.8 Å². The summed E-state index contributed by atoms with van der Waals surface area (Å²) in [5, 5.41) is 0. The third-order valence-electron chi connectivity index (χ3n) is 3.18. The van der Waals surface area contributed by atoms with Crippen LogP contribution in [0.1, 0.15) is 18.9 Å². The summed E-state index contributed by atoms with van der Waals surface area (Å²) < 4.78 is 29.8. The van der Waals surface area contributed by atoms with Crippen LogP contribution >= 0.6 is 0 Å². The number of para-hydroxylation sites is 1. The fourth-order valence-corrected chi connectivity index (χ4v) is 3.14. The number of amides is 1. The summed E-state index contributed by atoms with van der Waals surface area (Å²) >= 11 is 0. The molecule has 1 aliphatic rings. The number of hydrogen-bond donors (Lipinski definition) is 2. The average Bonchev–Trinajstić information content (AvgIpc) is 2.68. The van der Waals surface area contributed by atoms with Gasteiger partial charge < -0.3 is 16.2 Å². The molecular weight excluding hydrogens is 306 g/mol. The molecule has 0 atom stereocenters. The smallest absolute Gasteiger partial charge is 0.276 e. The lowest BCUT2D eigenvalue weighted by Crippen LogP contribution is -2.24. The van der Waals surface area contributed by atoms with E-state index in [1.54, 1.807) is 25.1 Å². The largest absolute Gasteiger partial charge is 0.491 e. The van der Waals surface area contributed by atoms with Gasteiger partial charge in [0.05, 0.1) is 12.4 Å². The number of sulfone groups is 1. The predicted octanol–water partition coefficient (Wildman–Crippen LogP) is 0.446. The Kier molecular flexibility index (Phi) is 4.51. The summed E-state index contributed by atoms with van der Waals surface area (Å²) in [7, 11) is -3.42. The summed E-state index contributed by atoms with van der Waals surface area (Å²) in [6.07, 6.45) is 1.85. The summed E-state index contributed by atoms with van der Waals surface area (Å²) in [4.78, 5) is 15.5. The van der Waals surface area contributed by atoms with E-state index >= 15 is 0 Å². The number of carbonyl (C=O) groups excluding carboxylic acids is 1. The molecule has 0 aliphatic carbocycles. The summed E-state index contributed by atoms with van der Waals surface area (Å²) in [6.45, 7) is 1.73. The highest BCUT2D eigenvalue weighted by Crippen LogP contribution is 2.33. The van der Waals surface area contributed by atoms with Gasteiger partial charge in [-0.1, -0.05) is 19.1 Å². The first-order valence-electron chi connectivity index (χ1n) is 6.68.